The zero-order chi connectivity index (χ0) is 16.9. The highest BCUT2D eigenvalue weighted by Crippen LogP contribution is 2.27. The minimum absolute atomic E-state index is 0.573. The smallest absolute Gasteiger partial charge is 0.119 e. The monoisotopic (exact) mass is 374 g/mol. The molecule has 0 radical (unpaired) electrons. The lowest BCUT2D eigenvalue weighted by Gasteiger charge is -2.05. The van der Waals surface area contributed by atoms with Crippen LogP contribution in [-0.2, 0) is 12.2 Å². The third kappa shape index (κ3) is 4.29. The van der Waals surface area contributed by atoms with Crippen LogP contribution in [0.15, 0.2) is 59.6 Å². The number of halogens is 2. The van der Waals surface area contributed by atoms with Crippen molar-refractivity contribution in [3.05, 3.63) is 75.8 Å². The maximum absolute atomic E-state index is 6.04. The van der Waals surface area contributed by atoms with E-state index in [1.54, 1.807) is 11.8 Å². The fourth-order valence-corrected chi connectivity index (χ4v) is 3.33. The van der Waals surface area contributed by atoms with Crippen molar-refractivity contribution < 1.29 is 0 Å². The molecule has 1 aromatic heterocycles. The number of aryl methyl sites for hydroxylation is 1. The van der Waals surface area contributed by atoms with Gasteiger partial charge in [-0.1, -0.05) is 72.2 Å². The molecule has 0 saturated heterocycles. The molecule has 0 saturated carbocycles. The topological polar surface area (TPSA) is 25.8 Å². The lowest BCUT2D eigenvalue weighted by atomic mass is 10.1. The fourth-order valence-electron chi connectivity index (χ4n) is 2.25. The maximum atomic E-state index is 6.04. The van der Waals surface area contributed by atoms with Gasteiger partial charge in [-0.25, -0.2) is 0 Å². The van der Waals surface area contributed by atoms with Crippen molar-refractivity contribution in [2.24, 2.45) is 0 Å². The van der Waals surface area contributed by atoms with E-state index in [1.165, 1.54) is 5.56 Å². The van der Waals surface area contributed by atoms with Gasteiger partial charge in [0.2, 0.25) is 0 Å². The van der Waals surface area contributed by atoms with E-state index >= 15 is 0 Å². The largest absolute Gasteiger partial charge is 0.149 e. The SMILES string of the molecule is CCc1ccc(-c2ccc(SCc3ccc(Cl)c(Cl)c3)nn2)cc1. The number of aromatic nitrogens is 2. The van der Waals surface area contributed by atoms with Gasteiger partial charge < -0.3 is 0 Å². The Kier molecular flexibility index (Phi) is 5.77. The highest BCUT2D eigenvalue weighted by Gasteiger charge is 2.04. The van der Waals surface area contributed by atoms with Gasteiger partial charge in [-0.15, -0.1) is 10.2 Å². The van der Waals surface area contributed by atoms with E-state index in [4.69, 9.17) is 23.2 Å². The molecule has 122 valence electrons. The summed E-state index contributed by atoms with van der Waals surface area (Å²) in [6.45, 7) is 2.15. The molecule has 5 heteroatoms. The van der Waals surface area contributed by atoms with E-state index in [1.807, 2.05) is 30.3 Å². The standard InChI is InChI=1S/C19H16Cl2N2S/c1-2-13-3-6-15(7-4-13)18-9-10-19(23-22-18)24-12-14-5-8-16(20)17(21)11-14/h3-11H,2,12H2,1H3. The molecule has 3 rings (SSSR count). The zero-order valence-electron chi connectivity index (χ0n) is 13.2. The van der Waals surface area contributed by atoms with Crippen LogP contribution in [0.25, 0.3) is 11.3 Å². The third-order valence-electron chi connectivity index (χ3n) is 3.67. The fraction of sp³-hybridized carbons (Fsp3) is 0.158. The molecule has 0 N–H and O–H groups in total. The van der Waals surface area contributed by atoms with Crippen molar-refractivity contribution in [3.8, 4) is 11.3 Å². The van der Waals surface area contributed by atoms with E-state index in [2.05, 4.69) is 41.4 Å². The number of benzene rings is 2. The lowest BCUT2D eigenvalue weighted by Crippen LogP contribution is -1.90. The predicted molar refractivity (Wildman–Crippen MR) is 103 cm³/mol. The second-order valence-electron chi connectivity index (χ2n) is 5.34. The summed E-state index contributed by atoms with van der Waals surface area (Å²) in [5.74, 6) is 0.774. The summed E-state index contributed by atoms with van der Waals surface area (Å²) in [4.78, 5) is 0. The van der Waals surface area contributed by atoms with Crippen LogP contribution in [0.4, 0.5) is 0 Å². The molecule has 0 aliphatic heterocycles. The molecule has 0 atom stereocenters. The summed E-state index contributed by atoms with van der Waals surface area (Å²) in [5.41, 5.74) is 4.40. The van der Waals surface area contributed by atoms with Crippen molar-refractivity contribution in [2.45, 2.75) is 24.1 Å². The first-order chi connectivity index (χ1) is 11.7. The first-order valence-electron chi connectivity index (χ1n) is 7.65. The Labute approximate surface area is 156 Å². The van der Waals surface area contributed by atoms with Gasteiger partial charge in [0.25, 0.3) is 0 Å². The van der Waals surface area contributed by atoms with Crippen LogP contribution in [-0.4, -0.2) is 10.2 Å². The van der Waals surface area contributed by atoms with Gasteiger partial charge in [0, 0.05) is 11.3 Å². The van der Waals surface area contributed by atoms with Crippen LogP contribution >= 0.6 is 35.0 Å². The number of nitrogens with zero attached hydrogens (tertiary/aromatic N) is 2. The van der Waals surface area contributed by atoms with Gasteiger partial charge in [0.05, 0.1) is 15.7 Å². The summed E-state index contributed by atoms with van der Waals surface area (Å²) in [7, 11) is 0. The van der Waals surface area contributed by atoms with Crippen molar-refractivity contribution in [2.75, 3.05) is 0 Å². The first kappa shape index (κ1) is 17.3. The van der Waals surface area contributed by atoms with Gasteiger partial charge in [-0.2, -0.15) is 0 Å². The molecule has 3 aromatic rings. The Morgan fingerprint density at radius 2 is 1.58 bits per heavy atom. The highest BCUT2D eigenvalue weighted by atomic mass is 35.5. The molecule has 0 unspecified atom stereocenters. The number of thioether (sulfide) groups is 1. The molecule has 1 heterocycles. The van der Waals surface area contributed by atoms with Crippen molar-refractivity contribution in [1.29, 1.82) is 0 Å². The normalized spacial score (nSPS) is 10.8. The summed E-state index contributed by atoms with van der Waals surface area (Å²) in [5, 5.41) is 10.7. The second-order valence-corrected chi connectivity index (χ2v) is 7.15. The van der Waals surface area contributed by atoms with Crippen LogP contribution in [0.1, 0.15) is 18.1 Å². The van der Waals surface area contributed by atoms with E-state index in [9.17, 15) is 0 Å². The molecule has 0 spiro atoms. The van der Waals surface area contributed by atoms with Gasteiger partial charge in [0.15, 0.2) is 0 Å². The maximum Gasteiger partial charge on any atom is 0.119 e. The molecule has 0 fully saturated rings. The number of hydrogen-bond donors (Lipinski definition) is 0. The Morgan fingerprint density at radius 3 is 2.21 bits per heavy atom. The average Bonchev–Trinajstić information content (AvgIpc) is 2.63. The Bertz CT molecular complexity index is 818. The van der Waals surface area contributed by atoms with Crippen molar-refractivity contribution in [3.63, 3.8) is 0 Å². The van der Waals surface area contributed by atoms with E-state index in [0.29, 0.717) is 10.0 Å². The summed E-state index contributed by atoms with van der Waals surface area (Å²) in [6.07, 6.45) is 1.04. The molecule has 0 amide bonds. The van der Waals surface area contributed by atoms with Crippen LogP contribution in [0.2, 0.25) is 10.0 Å². The molecule has 24 heavy (non-hydrogen) atoms. The minimum Gasteiger partial charge on any atom is -0.149 e. The second kappa shape index (κ2) is 8.02. The van der Waals surface area contributed by atoms with Crippen molar-refractivity contribution >= 4 is 35.0 Å². The van der Waals surface area contributed by atoms with E-state index in [-0.39, 0.29) is 0 Å². The van der Waals surface area contributed by atoms with Gasteiger partial charge in [-0.05, 0) is 41.8 Å². The van der Waals surface area contributed by atoms with Crippen molar-refractivity contribution in [1.82, 2.24) is 10.2 Å². The molecule has 0 bridgehead atoms. The third-order valence-corrected chi connectivity index (χ3v) is 5.40. The Hall–Kier alpha value is -1.55. The molecular formula is C19H16Cl2N2S. The van der Waals surface area contributed by atoms with Gasteiger partial charge in [0.1, 0.15) is 5.03 Å². The molecule has 0 aliphatic rings. The summed E-state index contributed by atoms with van der Waals surface area (Å²) in [6, 6.07) is 18.1. The molecule has 2 aromatic carbocycles. The zero-order valence-corrected chi connectivity index (χ0v) is 15.5. The minimum atomic E-state index is 0.573. The quantitative estimate of drug-likeness (QED) is 0.489. The average molecular weight is 375 g/mol. The predicted octanol–water partition coefficient (Wildman–Crippen LogP) is 6.31. The summed E-state index contributed by atoms with van der Waals surface area (Å²) < 4.78 is 0. The van der Waals surface area contributed by atoms with Crippen LogP contribution < -0.4 is 0 Å². The first-order valence-corrected chi connectivity index (χ1v) is 9.39. The summed E-state index contributed by atoms with van der Waals surface area (Å²) >= 11 is 13.6. The number of hydrogen-bond acceptors (Lipinski definition) is 3. The molecular weight excluding hydrogens is 359 g/mol. The molecule has 2 nitrogen and oxygen atoms in total. The van der Waals surface area contributed by atoms with Gasteiger partial charge in [-0.3, -0.25) is 0 Å². The lowest BCUT2D eigenvalue weighted by molar-refractivity contribution is 0.935. The number of rotatable bonds is 5. The molecule has 0 aliphatic carbocycles. The Morgan fingerprint density at radius 1 is 0.833 bits per heavy atom. The van der Waals surface area contributed by atoms with Crippen LogP contribution in [0.3, 0.4) is 0 Å². The van der Waals surface area contributed by atoms with Crippen LogP contribution in [0, 0.1) is 0 Å². The van der Waals surface area contributed by atoms with E-state index < -0.39 is 0 Å². The van der Waals surface area contributed by atoms with Crippen LogP contribution in [0.5, 0.6) is 0 Å². The van der Waals surface area contributed by atoms with E-state index in [0.717, 1.165) is 34.0 Å². The van der Waals surface area contributed by atoms with Gasteiger partial charge >= 0.3 is 0 Å². The highest BCUT2D eigenvalue weighted by molar-refractivity contribution is 7.98. The Balaban J connectivity index is 1.66.